The maximum Gasteiger partial charge on any atom is 0.320 e. The monoisotopic (exact) mass is 239 g/mol. The quantitative estimate of drug-likeness (QED) is 0.639. The van der Waals surface area contributed by atoms with E-state index in [9.17, 15) is 4.79 Å². The molecule has 0 aliphatic rings. The minimum Gasteiger partial charge on any atom is -0.465 e. The third kappa shape index (κ3) is 5.49. The number of nitrogens with zero attached hydrogens (tertiary/aromatic N) is 3. The molecule has 5 nitrogen and oxygen atoms in total. The van der Waals surface area contributed by atoms with Crippen LogP contribution in [-0.2, 0) is 16.1 Å². The van der Waals surface area contributed by atoms with Gasteiger partial charge in [0.15, 0.2) is 0 Å². The Hall–Kier alpha value is -1.36. The third-order valence-electron chi connectivity index (χ3n) is 2.56. The summed E-state index contributed by atoms with van der Waals surface area (Å²) in [5, 5.41) is 0. The average Bonchev–Trinajstić information content (AvgIpc) is 2.81. The van der Waals surface area contributed by atoms with Crippen molar-refractivity contribution in [2.24, 2.45) is 0 Å². The van der Waals surface area contributed by atoms with E-state index in [0.29, 0.717) is 13.2 Å². The summed E-state index contributed by atoms with van der Waals surface area (Å²) in [6.07, 6.45) is 6.53. The highest BCUT2D eigenvalue weighted by Gasteiger charge is 2.08. The molecule has 0 saturated carbocycles. The predicted octanol–water partition coefficient (Wildman–Crippen LogP) is 1.16. The van der Waals surface area contributed by atoms with Crippen molar-refractivity contribution in [3.8, 4) is 0 Å². The highest BCUT2D eigenvalue weighted by molar-refractivity contribution is 5.71. The minimum atomic E-state index is -0.142. The third-order valence-corrected chi connectivity index (χ3v) is 2.56. The minimum absolute atomic E-state index is 0.142. The highest BCUT2D eigenvalue weighted by Crippen LogP contribution is 1.96. The number of carbonyl (C=O) groups is 1. The molecule has 0 unspecified atom stereocenters. The van der Waals surface area contributed by atoms with Crippen molar-refractivity contribution in [2.75, 3.05) is 26.2 Å². The highest BCUT2D eigenvalue weighted by atomic mass is 16.5. The number of rotatable bonds is 8. The lowest BCUT2D eigenvalue weighted by atomic mass is 10.3. The number of aromatic nitrogens is 2. The van der Waals surface area contributed by atoms with Gasteiger partial charge in [-0.15, -0.1) is 0 Å². The molecule has 0 bridgehead atoms. The summed E-state index contributed by atoms with van der Waals surface area (Å²) in [4.78, 5) is 17.4. The van der Waals surface area contributed by atoms with Gasteiger partial charge >= 0.3 is 5.97 Å². The Morgan fingerprint density at radius 1 is 1.47 bits per heavy atom. The van der Waals surface area contributed by atoms with E-state index in [4.69, 9.17) is 4.74 Å². The van der Waals surface area contributed by atoms with E-state index in [1.54, 1.807) is 6.20 Å². The van der Waals surface area contributed by atoms with Gasteiger partial charge in [0.25, 0.3) is 0 Å². The molecule has 0 aromatic carbocycles. The molecule has 0 atom stereocenters. The van der Waals surface area contributed by atoms with Crippen molar-refractivity contribution >= 4 is 5.97 Å². The zero-order valence-corrected chi connectivity index (χ0v) is 10.6. The summed E-state index contributed by atoms with van der Waals surface area (Å²) < 4.78 is 6.97. The first-order valence-corrected chi connectivity index (χ1v) is 6.10. The number of hydrogen-bond acceptors (Lipinski definition) is 4. The van der Waals surface area contributed by atoms with Gasteiger partial charge in [0.05, 0.1) is 19.5 Å². The standard InChI is InChI=1S/C12H21N3O2/c1-3-14(10-12(16)17-4-2)7-5-8-15-9-6-13-11-15/h6,9,11H,3-5,7-8,10H2,1-2H3. The molecular weight excluding hydrogens is 218 g/mol. The Labute approximate surface area is 102 Å². The van der Waals surface area contributed by atoms with Crippen LogP contribution in [0.3, 0.4) is 0 Å². The molecule has 0 saturated heterocycles. The van der Waals surface area contributed by atoms with Crippen LogP contribution in [0.1, 0.15) is 20.3 Å². The van der Waals surface area contributed by atoms with E-state index in [1.165, 1.54) is 0 Å². The van der Waals surface area contributed by atoms with Crippen LogP contribution in [0.15, 0.2) is 18.7 Å². The molecular formula is C12H21N3O2. The van der Waals surface area contributed by atoms with E-state index in [0.717, 1.165) is 26.1 Å². The number of esters is 1. The van der Waals surface area contributed by atoms with Gasteiger partial charge in [0.1, 0.15) is 0 Å². The van der Waals surface area contributed by atoms with Crippen molar-refractivity contribution in [2.45, 2.75) is 26.8 Å². The molecule has 0 aliphatic heterocycles. The molecule has 0 radical (unpaired) electrons. The number of ether oxygens (including phenoxy) is 1. The maximum atomic E-state index is 11.3. The second kappa shape index (κ2) is 7.84. The van der Waals surface area contributed by atoms with Crippen LogP contribution in [0.25, 0.3) is 0 Å². The lowest BCUT2D eigenvalue weighted by molar-refractivity contribution is -0.144. The van der Waals surface area contributed by atoms with E-state index < -0.39 is 0 Å². The Morgan fingerprint density at radius 3 is 2.88 bits per heavy atom. The van der Waals surface area contributed by atoms with Crippen molar-refractivity contribution < 1.29 is 9.53 Å². The van der Waals surface area contributed by atoms with Crippen molar-refractivity contribution in [3.63, 3.8) is 0 Å². The SMILES string of the molecule is CCOC(=O)CN(CC)CCCn1ccnc1. The van der Waals surface area contributed by atoms with E-state index in [-0.39, 0.29) is 5.97 Å². The molecule has 1 heterocycles. The van der Waals surface area contributed by atoms with Crippen molar-refractivity contribution in [1.29, 1.82) is 0 Å². The first-order valence-electron chi connectivity index (χ1n) is 6.10. The van der Waals surface area contributed by atoms with Crippen LogP contribution < -0.4 is 0 Å². The second-order valence-electron chi connectivity index (χ2n) is 3.83. The van der Waals surface area contributed by atoms with Crippen LogP contribution in [0, 0.1) is 0 Å². The molecule has 0 spiro atoms. The zero-order chi connectivity index (χ0) is 12.5. The van der Waals surface area contributed by atoms with Gasteiger partial charge in [-0.3, -0.25) is 9.69 Å². The molecule has 0 fully saturated rings. The largest absolute Gasteiger partial charge is 0.465 e. The van der Waals surface area contributed by atoms with Crippen LogP contribution in [0.2, 0.25) is 0 Å². The summed E-state index contributed by atoms with van der Waals surface area (Å²) in [6, 6.07) is 0. The van der Waals surface area contributed by atoms with Crippen molar-refractivity contribution in [1.82, 2.24) is 14.5 Å². The normalized spacial score (nSPS) is 10.8. The second-order valence-corrected chi connectivity index (χ2v) is 3.83. The maximum absolute atomic E-state index is 11.3. The molecule has 5 heteroatoms. The summed E-state index contributed by atoms with van der Waals surface area (Å²) in [7, 11) is 0. The van der Waals surface area contributed by atoms with Gasteiger partial charge in [-0.25, -0.2) is 4.98 Å². The van der Waals surface area contributed by atoms with Gasteiger partial charge < -0.3 is 9.30 Å². The first kappa shape index (κ1) is 13.7. The topological polar surface area (TPSA) is 47.4 Å². The molecule has 1 rings (SSSR count). The van der Waals surface area contributed by atoms with Crippen molar-refractivity contribution in [3.05, 3.63) is 18.7 Å². The smallest absolute Gasteiger partial charge is 0.320 e. The fourth-order valence-electron chi connectivity index (χ4n) is 1.63. The number of imidazole rings is 1. The average molecular weight is 239 g/mol. The van der Waals surface area contributed by atoms with E-state index >= 15 is 0 Å². The molecule has 1 aromatic rings. The Bertz CT molecular complexity index is 312. The number of aryl methyl sites for hydroxylation is 1. The van der Waals surface area contributed by atoms with Crippen LogP contribution in [0.4, 0.5) is 0 Å². The molecule has 0 aliphatic carbocycles. The van der Waals surface area contributed by atoms with Gasteiger partial charge in [0, 0.05) is 25.5 Å². The van der Waals surface area contributed by atoms with Crippen LogP contribution in [-0.4, -0.2) is 46.7 Å². The summed E-state index contributed by atoms with van der Waals surface area (Å²) >= 11 is 0. The number of carbonyl (C=O) groups excluding carboxylic acids is 1. The summed E-state index contributed by atoms with van der Waals surface area (Å²) in [6.45, 7) is 7.40. The van der Waals surface area contributed by atoms with E-state index in [2.05, 4.69) is 16.8 Å². The molecule has 1 aromatic heterocycles. The van der Waals surface area contributed by atoms with Crippen LogP contribution >= 0.6 is 0 Å². The summed E-state index contributed by atoms with van der Waals surface area (Å²) in [5.41, 5.74) is 0. The summed E-state index contributed by atoms with van der Waals surface area (Å²) in [5.74, 6) is -0.142. The molecule has 0 amide bonds. The Balaban J connectivity index is 2.20. The van der Waals surface area contributed by atoms with Gasteiger partial charge in [0.2, 0.25) is 0 Å². The fraction of sp³-hybridized carbons (Fsp3) is 0.667. The number of likely N-dealkylation sites (N-methyl/N-ethyl adjacent to an activating group) is 1. The van der Waals surface area contributed by atoms with Gasteiger partial charge in [-0.05, 0) is 19.9 Å². The lowest BCUT2D eigenvalue weighted by Crippen LogP contribution is -2.32. The first-order chi connectivity index (χ1) is 8.26. The molecule has 0 N–H and O–H groups in total. The fourth-order valence-corrected chi connectivity index (χ4v) is 1.63. The van der Waals surface area contributed by atoms with E-state index in [1.807, 2.05) is 24.0 Å². The van der Waals surface area contributed by atoms with Gasteiger partial charge in [-0.2, -0.15) is 0 Å². The number of hydrogen-bond donors (Lipinski definition) is 0. The molecule has 17 heavy (non-hydrogen) atoms. The Kier molecular flexibility index (Phi) is 6.32. The predicted molar refractivity (Wildman–Crippen MR) is 65.6 cm³/mol. The van der Waals surface area contributed by atoms with Gasteiger partial charge in [-0.1, -0.05) is 6.92 Å². The molecule has 96 valence electrons. The lowest BCUT2D eigenvalue weighted by Gasteiger charge is -2.19. The van der Waals surface area contributed by atoms with Crippen LogP contribution in [0.5, 0.6) is 0 Å². The zero-order valence-electron chi connectivity index (χ0n) is 10.6. The Morgan fingerprint density at radius 2 is 2.29 bits per heavy atom.